The molecule has 0 aliphatic carbocycles. The summed E-state index contributed by atoms with van der Waals surface area (Å²) in [4.78, 5) is 23.4. The Morgan fingerprint density at radius 3 is 2.81 bits per heavy atom. The lowest BCUT2D eigenvalue weighted by atomic mass is 9.99. The molecule has 5 heterocycles. The number of benzene rings is 1. The largest absolute Gasteiger partial charge is 0.388 e. The fraction of sp³-hybridized carbons (Fsp3) is 0.269. The third-order valence-electron chi connectivity index (χ3n) is 6.93. The smallest absolute Gasteiger partial charge is 0.254 e. The van der Waals surface area contributed by atoms with E-state index in [2.05, 4.69) is 20.6 Å². The fourth-order valence-electron chi connectivity index (χ4n) is 4.92. The van der Waals surface area contributed by atoms with E-state index >= 15 is 0 Å². The van der Waals surface area contributed by atoms with Crippen LogP contribution in [0.4, 0.5) is 26.0 Å². The standard InChI is InChI=1S/C26H24F2N6O2/c1-14-6-9-34-20(12-30-25(34)24(14)28)16-3-4-19(23-17(16)11-31-26(23)36)32-22-5-2-15(10-29-22)33-8-7-18(27)21(35)13-33/h2-6,9-10,12,18,21,35H,7-8,11,13H2,1H3,(H,29,32)(H,31,36)/t18-,21-/m1/s1. The predicted molar refractivity (Wildman–Crippen MR) is 132 cm³/mol. The number of rotatable bonds is 4. The maximum absolute atomic E-state index is 14.6. The number of aliphatic hydroxyl groups is 1. The van der Waals surface area contributed by atoms with Gasteiger partial charge in [0, 0.05) is 31.4 Å². The summed E-state index contributed by atoms with van der Waals surface area (Å²) < 4.78 is 29.8. The molecule has 6 rings (SSSR count). The number of nitrogens with zero attached hydrogens (tertiary/aromatic N) is 4. The van der Waals surface area contributed by atoms with Crippen molar-refractivity contribution in [2.75, 3.05) is 23.3 Å². The van der Waals surface area contributed by atoms with Crippen molar-refractivity contribution in [3.63, 3.8) is 0 Å². The number of carbonyl (C=O) groups excluding carboxylic acids is 1. The van der Waals surface area contributed by atoms with E-state index in [0.717, 1.165) is 16.8 Å². The maximum Gasteiger partial charge on any atom is 0.254 e. The molecule has 0 spiro atoms. The number of hydrogen-bond acceptors (Lipinski definition) is 6. The zero-order valence-electron chi connectivity index (χ0n) is 19.5. The number of aryl methyl sites for hydroxylation is 1. The number of nitrogens with one attached hydrogen (secondary N) is 2. The normalized spacial score (nSPS) is 19.4. The van der Waals surface area contributed by atoms with E-state index in [-0.39, 0.29) is 30.3 Å². The SMILES string of the molecule is Cc1ccn2c(-c3ccc(Nc4ccc(N5CC[C@@H](F)[C@H](O)C5)cn4)c4c3CNC4=O)cnc2c1F. The number of β-amino-alcohol motifs (C(OH)–C–C–N with tert-alkyl or cyclic N) is 1. The number of aromatic nitrogens is 3. The Bertz CT molecular complexity index is 1490. The monoisotopic (exact) mass is 490 g/mol. The lowest BCUT2D eigenvalue weighted by Gasteiger charge is -2.33. The number of halogens is 2. The number of amides is 1. The van der Waals surface area contributed by atoms with Crippen molar-refractivity contribution < 1.29 is 18.7 Å². The van der Waals surface area contributed by atoms with Crippen molar-refractivity contribution >= 4 is 28.7 Å². The molecule has 184 valence electrons. The van der Waals surface area contributed by atoms with Crippen LogP contribution in [0.5, 0.6) is 0 Å². The van der Waals surface area contributed by atoms with Crippen LogP contribution in [0.2, 0.25) is 0 Å². The first-order valence-electron chi connectivity index (χ1n) is 11.8. The van der Waals surface area contributed by atoms with Gasteiger partial charge in [-0.1, -0.05) is 6.07 Å². The molecular formula is C26H24F2N6O2. The van der Waals surface area contributed by atoms with Gasteiger partial charge in [-0.25, -0.2) is 18.7 Å². The molecule has 10 heteroatoms. The van der Waals surface area contributed by atoms with Gasteiger partial charge in [-0.15, -0.1) is 0 Å². The Hall–Kier alpha value is -4.05. The third kappa shape index (κ3) is 3.65. The second-order valence-electron chi connectivity index (χ2n) is 9.19. The Morgan fingerprint density at radius 1 is 1.17 bits per heavy atom. The molecule has 3 aromatic heterocycles. The third-order valence-corrected chi connectivity index (χ3v) is 6.93. The van der Waals surface area contributed by atoms with Gasteiger partial charge in [-0.3, -0.25) is 9.20 Å². The van der Waals surface area contributed by atoms with Crippen LogP contribution in [0.15, 0.2) is 48.9 Å². The zero-order valence-corrected chi connectivity index (χ0v) is 19.5. The Balaban J connectivity index is 1.31. The molecule has 0 unspecified atom stereocenters. The fourth-order valence-corrected chi connectivity index (χ4v) is 4.92. The van der Waals surface area contributed by atoms with Crippen molar-refractivity contribution in [2.24, 2.45) is 0 Å². The predicted octanol–water partition coefficient (Wildman–Crippen LogP) is 3.74. The molecule has 1 aromatic carbocycles. The lowest BCUT2D eigenvalue weighted by Crippen LogP contribution is -2.45. The molecule has 2 atom stereocenters. The maximum atomic E-state index is 14.6. The van der Waals surface area contributed by atoms with Crippen LogP contribution in [0.25, 0.3) is 16.9 Å². The van der Waals surface area contributed by atoms with Crippen LogP contribution in [-0.2, 0) is 6.54 Å². The number of alkyl halides is 1. The molecule has 2 aliphatic heterocycles. The van der Waals surface area contributed by atoms with E-state index in [4.69, 9.17) is 0 Å². The van der Waals surface area contributed by atoms with Crippen molar-refractivity contribution in [2.45, 2.75) is 32.2 Å². The minimum Gasteiger partial charge on any atom is -0.388 e. The molecular weight excluding hydrogens is 466 g/mol. The summed E-state index contributed by atoms with van der Waals surface area (Å²) in [5, 5.41) is 15.9. The number of hydrogen-bond donors (Lipinski definition) is 3. The van der Waals surface area contributed by atoms with Crippen LogP contribution in [0.1, 0.15) is 27.9 Å². The van der Waals surface area contributed by atoms with Gasteiger partial charge in [0.25, 0.3) is 5.91 Å². The van der Waals surface area contributed by atoms with Crippen LogP contribution >= 0.6 is 0 Å². The van der Waals surface area contributed by atoms with Gasteiger partial charge >= 0.3 is 0 Å². The molecule has 1 saturated heterocycles. The van der Waals surface area contributed by atoms with Crippen LogP contribution < -0.4 is 15.5 Å². The summed E-state index contributed by atoms with van der Waals surface area (Å²) in [6.45, 7) is 2.77. The number of aliphatic hydroxyl groups excluding tert-OH is 1. The summed E-state index contributed by atoms with van der Waals surface area (Å²) in [5.74, 6) is -0.0300. The highest BCUT2D eigenvalue weighted by molar-refractivity contribution is 6.06. The van der Waals surface area contributed by atoms with Crippen molar-refractivity contribution in [3.8, 4) is 11.3 Å². The number of imidazole rings is 1. The summed E-state index contributed by atoms with van der Waals surface area (Å²) in [6, 6.07) is 9.03. The van der Waals surface area contributed by atoms with Crippen LogP contribution in [0.3, 0.4) is 0 Å². The first kappa shape index (κ1) is 22.4. The Kier molecular flexibility index (Phi) is 5.33. The van der Waals surface area contributed by atoms with Crippen LogP contribution in [-0.4, -0.2) is 50.7 Å². The highest BCUT2D eigenvalue weighted by atomic mass is 19.1. The molecule has 4 aromatic rings. The molecule has 0 radical (unpaired) electrons. The van der Waals surface area contributed by atoms with E-state index < -0.39 is 12.3 Å². The molecule has 0 bridgehead atoms. The Labute approximate surface area is 205 Å². The first-order chi connectivity index (χ1) is 17.4. The first-order valence-corrected chi connectivity index (χ1v) is 11.8. The zero-order chi connectivity index (χ0) is 25.0. The van der Waals surface area contributed by atoms with E-state index in [1.54, 1.807) is 48.1 Å². The average Bonchev–Trinajstić information content (AvgIpc) is 3.49. The van der Waals surface area contributed by atoms with Crippen molar-refractivity contribution in [3.05, 3.63) is 71.4 Å². The second kappa shape index (κ2) is 8.56. The number of fused-ring (bicyclic) bond motifs is 2. The van der Waals surface area contributed by atoms with Gasteiger partial charge in [-0.05, 0) is 48.7 Å². The van der Waals surface area contributed by atoms with Crippen molar-refractivity contribution in [1.82, 2.24) is 19.7 Å². The van der Waals surface area contributed by atoms with E-state index in [1.165, 1.54) is 0 Å². The molecule has 1 amide bonds. The number of piperidine rings is 1. The highest BCUT2D eigenvalue weighted by Crippen LogP contribution is 2.36. The van der Waals surface area contributed by atoms with E-state index in [0.29, 0.717) is 41.4 Å². The lowest BCUT2D eigenvalue weighted by molar-refractivity contribution is 0.0645. The summed E-state index contributed by atoms with van der Waals surface area (Å²) >= 11 is 0. The Morgan fingerprint density at radius 2 is 2.03 bits per heavy atom. The quantitative estimate of drug-likeness (QED) is 0.404. The molecule has 1 fully saturated rings. The van der Waals surface area contributed by atoms with Gasteiger partial charge in [-0.2, -0.15) is 0 Å². The topological polar surface area (TPSA) is 94.8 Å². The number of pyridine rings is 2. The second-order valence-corrected chi connectivity index (χ2v) is 9.19. The minimum absolute atomic E-state index is 0.204. The van der Waals surface area contributed by atoms with E-state index in [1.807, 2.05) is 17.0 Å². The molecule has 3 N–H and O–H groups in total. The van der Waals surface area contributed by atoms with Gasteiger partial charge < -0.3 is 20.6 Å². The summed E-state index contributed by atoms with van der Waals surface area (Å²) in [6.07, 6.45) is 3.12. The average molecular weight is 491 g/mol. The number of anilines is 3. The van der Waals surface area contributed by atoms with E-state index in [9.17, 15) is 18.7 Å². The molecule has 0 saturated carbocycles. The highest BCUT2D eigenvalue weighted by Gasteiger charge is 2.29. The molecule has 36 heavy (non-hydrogen) atoms. The van der Waals surface area contributed by atoms with Crippen LogP contribution in [0, 0.1) is 12.7 Å². The van der Waals surface area contributed by atoms with Gasteiger partial charge in [0.05, 0.1) is 35.0 Å². The van der Waals surface area contributed by atoms with Gasteiger partial charge in [0.15, 0.2) is 11.5 Å². The summed E-state index contributed by atoms with van der Waals surface area (Å²) in [5.41, 5.74) is 4.95. The summed E-state index contributed by atoms with van der Waals surface area (Å²) in [7, 11) is 0. The van der Waals surface area contributed by atoms with Gasteiger partial charge in [0.2, 0.25) is 0 Å². The minimum atomic E-state index is -1.20. The molecule has 8 nitrogen and oxygen atoms in total. The molecule has 2 aliphatic rings. The van der Waals surface area contributed by atoms with Crippen molar-refractivity contribution in [1.29, 1.82) is 0 Å². The van der Waals surface area contributed by atoms with Gasteiger partial charge in [0.1, 0.15) is 18.1 Å². The number of carbonyl (C=O) groups is 1.